The highest BCUT2D eigenvalue weighted by Crippen LogP contribution is 2.59. The van der Waals surface area contributed by atoms with E-state index in [0.717, 1.165) is 16.4 Å². The van der Waals surface area contributed by atoms with E-state index < -0.39 is 181 Å². The number of halogens is 2. The molecule has 3 aromatic carbocycles. The Kier molecular flexibility index (Phi) is 36.0. The molecule has 0 radical (unpaired) electrons. The monoisotopic (exact) mass is 2100 g/mol. The van der Waals surface area contributed by atoms with Crippen LogP contribution in [0, 0.1) is 34.5 Å². The summed E-state index contributed by atoms with van der Waals surface area (Å²) in [6.07, 6.45) is -7.38. The van der Waals surface area contributed by atoms with Crippen LogP contribution in [-0.4, -0.2) is 217 Å². The highest BCUT2D eigenvalue weighted by molar-refractivity contribution is 8.08. The van der Waals surface area contributed by atoms with Gasteiger partial charge in [0.05, 0.1) is 108 Å². The number of hydrogen-bond acceptors (Lipinski definition) is 41. The number of rotatable bonds is 18. The largest absolute Gasteiger partial charge is 0.349 e. The molecule has 0 spiro atoms. The minimum Gasteiger partial charge on any atom is -0.349 e. The number of carbonyl (C=O) groups excluding carboxylic acids is 4. The van der Waals surface area contributed by atoms with E-state index >= 15 is 8.78 Å². The normalized spacial score (nSPS) is 26.0. The molecule has 18 atom stereocenters. The lowest BCUT2D eigenvalue weighted by Gasteiger charge is -2.29. The molecule has 0 aliphatic carbocycles. The van der Waals surface area contributed by atoms with Crippen LogP contribution in [0.15, 0.2) is 168 Å². The maximum Gasteiger partial charge on any atom is 0.330 e. The Balaban J connectivity index is 0.000000198. The third-order valence-electron chi connectivity index (χ3n) is 21.1. The Hall–Kier alpha value is -10.9. The fourth-order valence-electron chi connectivity index (χ4n) is 14.3. The van der Waals surface area contributed by atoms with Crippen molar-refractivity contribution in [2.75, 3.05) is 60.9 Å². The number of aromatic nitrogens is 17. The summed E-state index contributed by atoms with van der Waals surface area (Å²) < 4.78 is 124. The zero-order chi connectivity index (χ0) is 96.4. The minimum absolute atomic E-state index is 0. The first-order valence-corrected chi connectivity index (χ1v) is 52.7. The van der Waals surface area contributed by atoms with Crippen molar-refractivity contribution in [2.24, 2.45) is 11.8 Å². The molecule has 58 heteroatoms. The van der Waals surface area contributed by atoms with Crippen molar-refractivity contribution in [1.29, 1.82) is 10.5 Å². The molecular weight excluding hydrogens is 2010 g/mol. The number of nitrogens with one attached hydrogen (secondary N) is 6. The van der Waals surface area contributed by atoms with Gasteiger partial charge in [-0.1, -0.05) is 107 Å². The van der Waals surface area contributed by atoms with Crippen molar-refractivity contribution in [3.8, 4) is 12.1 Å². The summed E-state index contributed by atoms with van der Waals surface area (Å²) in [6.45, 7) is -7.75. The van der Waals surface area contributed by atoms with Gasteiger partial charge in [0.15, 0.2) is 81.1 Å². The second kappa shape index (κ2) is 47.4. The van der Waals surface area contributed by atoms with Crippen molar-refractivity contribution in [3.63, 3.8) is 0 Å². The van der Waals surface area contributed by atoms with Gasteiger partial charge >= 0.3 is 28.8 Å². The molecular formula is C82H92F2N24O23P4S5. The number of nitriles is 2. The standard InChI is InChI=1S/C34H36FN11O11P2S2.C34H36FN11O11P2S.C7H4OS2.C5H5N.2CH4.H3N/c1-17(2)30(47)43-34-42-29-25(32(49)44-34)40-16-46(29)33-26-23(35)21(55-33)13-53-59(61,51-10-6-9-36)56-19-11-22(54-20(19)12-52-58(50,60)57-26)45-15-39-24-27(37-14-38-28(24)45)41-31(48)18-7-4-3-5-8-18;1-17(2)30(47)43-34-42-29-25(32(49)44-34)40-16-46(29)33-26-23(35)21(55-33)13-53-59(60,52-10-6-9-36)57-19-11-22(54-20(19)12-51-58(50)56-26)45-15-39-24-27(37-14-38-28(24)45)41-31(48)18-7-4-3-5-8-18;8-7-5-3-1-2-4-6(5)9-10-7;1-2-4-6-5-3-1;;;/h3-5,7-8,14-17,19-23,26,33H,6,10-13H2,1-2H3,(H,50,60)(H,37,38,41,48)(H2,42,43,44,47,49);3-5,7-8,14-17,19-23,26,33,50H,6,10-13H2,1-2H3,(H,37,38,41,48)(H2,42,43,44,47,49);1-4H;1-5H;2*1H4;1H3/t2*19-,20-,21-,22-,23-,26-,33-,58?,59?;;;;;/m11...../s1. The lowest BCUT2D eigenvalue weighted by atomic mass is 10.1. The van der Waals surface area contributed by atoms with Crippen LogP contribution in [0.3, 0.4) is 0 Å². The summed E-state index contributed by atoms with van der Waals surface area (Å²) in [5, 5.41) is 29.9. The van der Waals surface area contributed by atoms with Crippen LogP contribution in [0.5, 0.6) is 0 Å². The number of anilines is 4. The molecule has 11 N–H and O–H groups in total. The summed E-state index contributed by atoms with van der Waals surface area (Å²) in [4.78, 5) is 162. The van der Waals surface area contributed by atoms with Crippen molar-refractivity contribution < 1.29 is 102 Å². The lowest BCUT2D eigenvalue weighted by Crippen LogP contribution is -2.32. The van der Waals surface area contributed by atoms with Crippen LogP contribution in [0.1, 0.15) is 114 Å². The van der Waals surface area contributed by atoms with Gasteiger partial charge in [-0.3, -0.25) is 81.9 Å². The predicted molar refractivity (Wildman–Crippen MR) is 516 cm³/mol. The Morgan fingerprint density at radius 2 is 0.979 bits per heavy atom. The molecule has 19 rings (SSSR count). The number of alkyl halides is 2. The van der Waals surface area contributed by atoms with Gasteiger partial charge in [-0.05, 0) is 94.3 Å². The summed E-state index contributed by atoms with van der Waals surface area (Å²) in [6, 6.07) is 34.4. The molecule has 6 fully saturated rings. The molecule has 4 amide bonds. The van der Waals surface area contributed by atoms with Crippen LogP contribution >= 0.6 is 49.4 Å². The third-order valence-corrected chi connectivity index (χ3v) is 30.4. The maximum atomic E-state index is 16.5. The molecule has 6 aliphatic heterocycles. The number of carbonyl (C=O) groups is 4. The van der Waals surface area contributed by atoms with Gasteiger partial charge in [0.1, 0.15) is 61.7 Å². The summed E-state index contributed by atoms with van der Waals surface area (Å²) in [5.74, 6) is -2.63. The first-order chi connectivity index (χ1) is 66.0. The number of pyridine rings is 1. The number of amides is 4. The van der Waals surface area contributed by atoms with E-state index in [4.69, 9.17) is 99.6 Å². The second-order valence-electron chi connectivity index (χ2n) is 30.9. The van der Waals surface area contributed by atoms with Crippen LogP contribution < -0.4 is 43.3 Å². The average molecular weight is 2100 g/mol. The Morgan fingerprint density at radius 1 is 0.543 bits per heavy atom. The molecule has 742 valence electrons. The van der Waals surface area contributed by atoms with Gasteiger partial charge in [0, 0.05) is 52.9 Å². The number of ether oxygens (including phenoxy) is 4. The van der Waals surface area contributed by atoms with E-state index in [-0.39, 0.29) is 128 Å². The molecule has 4 unspecified atom stereocenters. The molecule has 4 bridgehead atoms. The van der Waals surface area contributed by atoms with E-state index in [1.807, 2.05) is 54.6 Å². The number of aromatic amines is 2. The van der Waals surface area contributed by atoms with Gasteiger partial charge in [-0.2, -0.15) is 20.5 Å². The summed E-state index contributed by atoms with van der Waals surface area (Å²) in [5.41, 5.74) is 0.0338. The smallest absolute Gasteiger partial charge is 0.330 e. The summed E-state index contributed by atoms with van der Waals surface area (Å²) >= 11 is 17.0. The van der Waals surface area contributed by atoms with Crippen molar-refractivity contribution in [1.82, 2.24) is 89.2 Å². The fourth-order valence-corrected chi connectivity index (χ4v) is 22.9. The number of imidazole rings is 4. The molecule has 10 aromatic heterocycles. The number of hydrogen-bond donors (Lipinski definition) is 9. The molecule has 0 saturated carbocycles. The molecule has 47 nitrogen and oxygen atoms in total. The quantitative estimate of drug-likeness (QED) is 0.0219. The van der Waals surface area contributed by atoms with Crippen LogP contribution in [-0.2, 0) is 109 Å². The number of benzene rings is 3. The fraction of sp³-hybridized carbons (Fsp3) is 0.390. The van der Waals surface area contributed by atoms with Crippen LogP contribution in [0.4, 0.5) is 32.3 Å². The lowest BCUT2D eigenvalue weighted by molar-refractivity contribution is -0.119. The summed E-state index contributed by atoms with van der Waals surface area (Å²) in [7, 11) is 0.0127. The average Bonchev–Trinajstić information content (AvgIpc) is 1.61. The second-order valence-corrected chi connectivity index (χ2v) is 42.7. The van der Waals surface area contributed by atoms with Crippen LogP contribution in [0.2, 0.25) is 0 Å². The van der Waals surface area contributed by atoms with Crippen molar-refractivity contribution >= 4 is 187 Å². The van der Waals surface area contributed by atoms with E-state index in [0.29, 0.717) is 22.4 Å². The first-order valence-electron chi connectivity index (χ1n) is 41.7. The topological polar surface area (TPSA) is 613 Å². The van der Waals surface area contributed by atoms with E-state index in [1.54, 1.807) is 120 Å². The predicted octanol–water partition coefficient (Wildman–Crippen LogP) is 11.9. The van der Waals surface area contributed by atoms with Gasteiger partial charge in [-0.15, -0.1) is 0 Å². The van der Waals surface area contributed by atoms with Gasteiger partial charge < -0.3 is 86.2 Å². The highest BCUT2D eigenvalue weighted by atomic mass is 32.9. The maximum absolute atomic E-state index is 16.5. The van der Waals surface area contributed by atoms with Gasteiger partial charge in [-0.25, -0.2) is 48.7 Å². The molecule has 6 aliphatic rings. The number of H-pyrrole nitrogens is 2. The number of nitrogens with zero attached hydrogens (tertiary/aromatic N) is 17. The highest BCUT2D eigenvalue weighted by Gasteiger charge is 2.54. The molecule has 6 saturated heterocycles. The van der Waals surface area contributed by atoms with Gasteiger partial charge in [0.25, 0.3) is 27.7 Å². The third kappa shape index (κ3) is 24.9. The zero-order valence-corrected chi connectivity index (χ0v) is 80.3. The van der Waals surface area contributed by atoms with Crippen molar-refractivity contribution in [2.45, 2.75) is 154 Å². The minimum atomic E-state index is -4.36. The van der Waals surface area contributed by atoms with E-state index in [9.17, 15) is 53.9 Å². The van der Waals surface area contributed by atoms with Gasteiger partial charge in [0.2, 0.25) is 23.7 Å². The number of fused-ring (bicyclic) bond motifs is 11. The zero-order valence-electron chi connectivity index (χ0n) is 72.6. The Morgan fingerprint density at radius 3 is 1.44 bits per heavy atom. The molecule has 13 aromatic rings. The molecule has 140 heavy (non-hydrogen) atoms. The van der Waals surface area contributed by atoms with Crippen molar-refractivity contribution in [3.05, 3.63) is 195 Å². The Bertz CT molecular complexity index is 6970. The van der Waals surface area contributed by atoms with Crippen LogP contribution in [0.25, 0.3) is 54.7 Å². The van der Waals surface area contributed by atoms with E-state index in [1.165, 1.54) is 51.1 Å². The molecule has 16 heterocycles. The van der Waals surface area contributed by atoms with E-state index in [2.05, 4.69) is 86.1 Å². The first kappa shape index (κ1) is 106. The Labute approximate surface area is 817 Å². The SMILES string of the molecule is C.C.CC(C)C(=O)Nc1nc2c(ncn2[C@@H]2O[C@@H]3COP(=S)(OCCC#N)O[C@@H]4C[C@H](n5cnc6c(NC(=O)c7ccccc7)ncnc65)O[C@@H]4COP(O)(=S)O[C@@H]2[C@@H]3F)c(=O)[nH]1.CC(C)C(=O)Nc1nc2c(ncn2[C@@H]2O[C@@H]3COP(=S)(OCCC#N)O[C@@H]4C[C@H](n5cnc6c(NC(=O)c7ccccc7)ncnc65)O[C@@H]4COP(O)O[C@@H]2[C@@H]3F)c(=O)[nH]1.N.O=c1ssc2ccccc12.c1ccncc1.